The van der Waals surface area contributed by atoms with Crippen molar-refractivity contribution < 1.29 is 4.74 Å². The predicted molar refractivity (Wildman–Crippen MR) is 127 cm³/mol. The molecule has 3 aromatic rings. The van der Waals surface area contributed by atoms with E-state index in [-0.39, 0.29) is 5.92 Å². The Balaban J connectivity index is 1.61. The molecule has 1 heterocycles. The minimum absolute atomic E-state index is 0.290. The second kappa shape index (κ2) is 11.5. The highest BCUT2D eigenvalue weighted by atomic mass is 16.5. The Morgan fingerprint density at radius 1 is 0.767 bits per heavy atom. The first-order chi connectivity index (χ1) is 14.7. The van der Waals surface area contributed by atoms with Gasteiger partial charge in [-0.05, 0) is 59.7 Å². The van der Waals surface area contributed by atoms with Gasteiger partial charge in [0.1, 0.15) is 5.75 Å². The Labute approximate surface area is 182 Å². The highest BCUT2D eigenvalue weighted by Gasteiger charge is 2.10. The summed E-state index contributed by atoms with van der Waals surface area (Å²) in [6.45, 7) is 7.37. The van der Waals surface area contributed by atoms with Gasteiger partial charge in [0.05, 0.1) is 6.61 Å². The molecule has 1 atom stereocenters. The molecule has 3 rings (SSSR count). The molecule has 0 aliphatic rings. The summed E-state index contributed by atoms with van der Waals surface area (Å²) in [7, 11) is 0. The number of benzene rings is 2. The molecule has 0 amide bonds. The number of aromatic nitrogens is 1. The fraction of sp³-hybridized carbons (Fsp3) is 0.393. The maximum absolute atomic E-state index is 5.68. The second-order valence-corrected chi connectivity index (χ2v) is 8.12. The van der Waals surface area contributed by atoms with Gasteiger partial charge in [-0.1, -0.05) is 82.5 Å². The van der Waals surface area contributed by atoms with Gasteiger partial charge in [-0.15, -0.1) is 0 Å². The van der Waals surface area contributed by atoms with Crippen LogP contribution in [-0.4, -0.2) is 11.6 Å². The Hall–Kier alpha value is -2.61. The molecule has 0 N–H and O–H groups in total. The molecule has 1 aromatic heterocycles. The maximum atomic E-state index is 5.68. The normalized spacial score (nSPS) is 12.0. The standard InChI is InChI=1S/C28H35NO/c1-4-6-7-8-9-23-10-19-28(29-21-23)22(3)24-11-13-25(14-12-24)26-15-17-27(18-16-26)30-20-5-2/h10-19,21-22H,4-9,20H2,1-3H3. The molecule has 0 fully saturated rings. The lowest BCUT2D eigenvalue weighted by molar-refractivity contribution is 0.317. The third-order valence-corrected chi connectivity index (χ3v) is 5.68. The monoisotopic (exact) mass is 401 g/mol. The van der Waals surface area contributed by atoms with E-state index in [9.17, 15) is 0 Å². The third-order valence-electron chi connectivity index (χ3n) is 5.68. The van der Waals surface area contributed by atoms with E-state index < -0.39 is 0 Å². The number of pyridine rings is 1. The molecule has 1 unspecified atom stereocenters. The van der Waals surface area contributed by atoms with E-state index >= 15 is 0 Å². The van der Waals surface area contributed by atoms with Crippen LogP contribution in [0.4, 0.5) is 0 Å². The first kappa shape index (κ1) is 22.1. The highest BCUT2D eigenvalue weighted by molar-refractivity contribution is 5.64. The smallest absolute Gasteiger partial charge is 0.119 e. The van der Waals surface area contributed by atoms with Crippen LogP contribution in [0.1, 0.15) is 75.6 Å². The first-order valence-electron chi connectivity index (χ1n) is 11.5. The third kappa shape index (κ3) is 6.19. The molecule has 30 heavy (non-hydrogen) atoms. The van der Waals surface area contributed by atoms with E-state index in [1.165, 1.54) is 47.9 Å². The van der Waals surface area contributed by atoms with E-state index in [0.717, 1.165) is 30.9 Å². The number of hydrogen-bond acceptors (Lipinski definition) is 2. The van der Waals surface area contributed by atoms with Crippen LogP contribution in [0.25, 0.3) is 11.1 Å². The van der Waals surface area contributed by atoms with Gasteiger partial charge in [0.15, 0.2) is 0 Å². The summed E-state index contributed by atoms with van der Waals surface area (Å²) in [6, 6.07) is 21.7. The van der Waals surface area contributed by atoms with Crippen molar-refractivity contribution >= 4 is 0 Å². The van der Waals surface area contributed by atoms with E-state index in [1.54, 1.807) is 0 Å². The van der Waals surface area contributed by atoms with Crippen molar-refractivity contribution in [2.45, 2.75) is 65.2 Å². The predicted octanol–water partition coefficient (Wildman–Crippen LogP) is 7.81. The van der Waals surface area contributed by atoms with Gasteiger partial charge in [-0.25, -0.2) is 0 Å². The quantitative estimate of drug-likeness (QED) is 0.306. The van der Waals surface area contributed by atoms with E-state index in [1.807, 2.05) is 0 Å². The van der Waals surface area contributed by atoms with E-state index in [2.05, 4.69) is 87.6 Å². The second-order valence-electron chi connectivity index (χ2n) is 8.12. The molecule has 0 aliphatic carbocycles. The lowest BCUT2D eigenvalue weighted by Gasteiger charge is -2.13. The number of unbranched alkanes of at least 4 members (excludes halogenated alkanes) is 3. The lowest BCUT2D eigenvalue weighted by Crippen LogP contribution is -2.00. The van der Waals surface area contributed by atoms with Crippen molar-refractivity contribution in [3.63, 3.8) is 0 Å². The van der Waals surface area contributed by atoms with Gasteiger partial charge in [0.25, 0.3) is 0 Å². The number of rotatable bonds is 11. The summed E-state index contributed by atoms with van der Waals surface area (Å²) in [4.78, 5) is 4.75. The van der Waals surface area contributed by atoms with Gasteiger partial charge in [0.2, 0.25) is 0 Å². The largest absolute Gasteiger partial charge is 0.494 e. The molecule has 0 saturated heterocycles. The molecule has 0 aliphatic heterocycles. The van der Waals surface area contributed by atoms with Gasteiger partial charge < -0.3 is 4.74 Å². The molecule has 0 spiro atoms. The van der Waals surface area contributed by atoms with Crippen molar-refractivity contribution in [3.05, 3.63) is 83.7 Å². The van der Waals surface area contributed by atoms with E-state index in [4.69, 9.17) is 9.72 Å². The molecule has 0 bridgehead atoms. The Bertz CT molecular complexity index is 866. The first-order valence-corrected chi connectivity index (χ1v) is 11.5. The zero-order valence-corrected chi connectivity index (χ0v) is 18.7. The number of aryl methyl sites for hydroxylation is 1. The topological polar surface area (TPSA) is 22.1 Å². The number of nitrogens with zero attached hydrogens (tertiary/aromatic N) is 1. The average Bonchev–Trinajstić information content (AvgIpc) is 2.81. The van der Waals surface area contributed by atoms with Crippen molar-refractivity contribution in [3.8, 4) is 16.9 Å². The summed E-state index contributed by atoms with van der Waals surface area (Å²) >= 11 is 0. The van der Waals surface area contributed by atoms with Crippen LogP contribution < -0.4 is 4.74 Å². The summed E-state index contributed by atoms with van der Waals surface area (Å²) in [5.74, 6) is 1.23. The number of ether oxygens (including phenoxy) is 1. The molecular weight excluding hydrogens is 366 g/mol. The summed E-state index contributed by atoms with van der Waals surface area (Å²) in [5.41, 5.74) is 6.22. The van der Waals surface area contributed by atoms with Crippen LogP contribution in [0, 0.1) is 0 Å². The van der Waals surface area contributed by atoms with Crippen molar-refractivity contribution in [2.75, 3.05) is 6.61 Å². The van der Waals surface area contributed by atoms with Gasteiger partial charge >= 0.3 is 0 Å². The average molecular weight is 402 g/mol. The zero-order valence-electron chi connectivity index (χ0n) is 18.7. The fourth-order valence-corrected chi connectivity index (χ4v) is 3.69. The van der Waals surface area contributed by atoms with Crippen LogP contribution >= 0.6 is 0 Å². The maximum Gasteiger partial charge on any atom is 0.119 e. The zero-order chi connectivity index (χ0) is 21.2. The molecule has 0 saturated carbocycles. The van der Waals surface area contributed by atoms with Crippen LogP contribution in [0.3, 0.4) is 0 Å². The molecule has 0 radical (unpaired) electrons. The van der Waals surface area contributed by atoms with Crippen LogP contribution in [0.2, 0.25) is 0 Å². The summed E-state index contributed by atoms with van der Waals surface area (Å²) in [5, 5.41) is 0. The van der Waals surface area contributed by atoms with Crippen LogP contribution in [-0.2, 0) is 6.42 Å². The molecular formula is C28H35NO. The minimum atomic E-state index is 0.290. The van der Waals surface area contributed by atoms with Crippen LogP contribution in [0.15, 0.2) is 66.9 Å². The Morgan fingerprint density at radius 2 is 1.47 bits per heavy atom. The van der Waals surface area contributed by atoms with Gasteiger partial charge in [0, 0.05) is 17.8 Å². The fourth-order valence-electron chi connectivity index (χ4n) is 3.69. The summed E-state index contributed by atoms with van der Waals surface area (Å²) in [6.07, 6.45) is 9.42. The van der Waals surface area contributed by atoms with Gasteiger partial charge in [-0.2, -0.15) is 0 Å². The van der Waals surface area contributed by atoms with Crippen LogP contribution in [0.5, 0.6) is 5.75 Å². The highest BCUT2D eigenvalue weighted by Crippen LogP contribution is 2.27. The van der Waals surface area contributed by atoms with Crippen molar-refractivity contribution in [2.24, 2.45) is 0 Å². The summed E-state index contributed by atoms with van der Waals surface area (Å²) < 4.78 is 5.68. The van der Waals surface area contributed by atoms with E-state index in [0.29, 0.717) is 0 Å². The van der Waals surface area contributed by atoms with Gasteiger partial charge in [-0.3, -0.25) is 4.98 Å². The molecule has 2 nitrogen and oxygen atoms in total. The number of hydrogen-bond donors (Lipinski definition) is 0. The molecule has 158 valence electrons. The minimum Gasteiger partial charge on any atom is -0.494 e. The lowest BCUT2D eigenvalue weighted by atomic mass is 9.94. The van der Waals surface area contributed by atoms with Crippen molar-refractivity contribution in [1.82, 2.24) is 4.98 Å². The van der Waals surface area contributed by atoms with Crippen molar-refractivity contribution in [1.29, 1.82) is 0 Å². The Kier molecular flexibility index (Phi) is 8.50. The molecule has 2 heteroatoms. The molecule has 2 aromatic carbocycles. The SMILES string of the molecule is CCCCCCc1ccc(C(C)c2ccc(-c3ccc(OCCC)cc3)cc2)nc1. The Morgan fingerprint density at radius 3 is 2.07 bits per heavy atom.